The molecule has 2 aliphatic heterocycles. The van der Waals surface area contributed by atoms with Crippen molar-refractivity contribution in [3.8, 4) is 5.75 Å². The van der Waals surface area contributed by atoms with Crippen molar-refractivity contribution in [2.75, 3.05) is 25.5 Å². The molecule has 0 bridgehead atoms. The number of anilines is 1. The maximum Gasteiger partial charge on any atom is 0.257 e. The van der Waals surface area contributed by atoms with E-state index in [2.05, 4.69) is 10.6 Å². The summed E-state index contributed by atoms with van der Waals surface area (Å²) in [5, 5.41) is 5.87. The normalized spacial score (nSPS) is 25.3. The van der Waals surface area contributed by atoms with Crippen LogP contribution < -0.4 is 15.4 Å². The topological polar surface area (TPSA) is 97.0 Å². The summed E-state index contributed by atoms with van der Waals surface area (Å²) in [6.45, 7) is 2.99. The summed E-state index contributed by atoms with van der Waals surface area (Å²) in [7, 11) is 1.79. The zero-order valence-electron chi connectivity index (χ0n) is 19.6. The smallest absolute Gasteiger partial charge is 0.257 e. The third kappa shape index (κ3) is 5.49. The molecule has 0 radical (unpaired) electrons. The van der Waals surface area contributed by atoms with Crippen molar-refractivity contribution in [1.29, 1.82) is 0 Å². The second-order valence-electron chi connectivity index (χ2n) is 9.40. The van der Waals surface area contributed by atoms with Gasteiger partial charge in [-0.2, -0.15) is 0 Å². The molecule has 1 aliphatic carbocycles. The summed E-state index contributed by atoms with van der Waals surface area (Å²) in [5.41, 5.74) is 1.06. The fourth-order valence-electron chi connectivity index (χ4n) is 5.08. The molecule has 2 fully saturated rings. The maximum absolute atomic E-state index is 13.3. The molecule has 0 aromatic heterocycles. The Morgan fingerprint density at radius 1 is 1.15 bits per heavy atom. The fraction of sp³-hybridized carbons (Fsp3) is 0.640. The van der Waals surface area contributed by atoms with Crippen molar-refractivity contribution in [2.45, 2.75) is 76.5 Å². The van der Waals surface area contributed by atoms with Crippen LogP contribution in [0.1, 0.15) is 68.6 Å². The van der Waals surface area contributed by atoms with Gasteiger partial charge >= 0.3 is 0 Å². The third-order valence-electron chi connectivity index (χ3n) is 6.99. The van der Waals surface area contributed by atoms with Crippen molar-refractivity contribution in [2.24, 2.45) is 5.92 Å². The summed E-state index contributed by atoms with van der Waals surface area (Å²) in [5.74, 6) is 0.401. The van der Waals surface area contributed by atoms with Crippen LogP contribution in [0.2, 0.25) is 0 Å². The second kappa shape index (κ2) is 10.5. The first-order chi connectivity index (χ1) is 16.0. The highest BCUT2D eigenvalue weighted by Gasteiger charge is 2.39. The van der Waals surface area contributed by atoms with Gasteiger partial charge in [0.2, 0.25) is 11.8 Å². The molecular formula is C25H35N3O5. The second-order valence-corrected chi connectivity index (χ2v) is 9.40. The summed E-state index contributed by atoms with van der Waals surface area (Å²) >= 11 is 0. The number of fused-ring (bicyclic) bond motifs is 2. The molecule has 1 aromatic carbocycles. The quantitative estimate of drug-likeness (QED) is 0.684. The van der Waals surface area contributed by atoms with Gasteiger partial charge in [0.1, 0.15) is 18.5 Å². The zero-order valence-corrected chi connectivity index (χ0v) is 19.6. The number of rotatable bonds is 6. The Hall–Kier alpha value is -2.61. The number of hydrogen-bond donors (Lipinski definition) is 2. The predicted octanol–water partition coefficient (Wildman–Crippen LogP) is 3.11. The molecule has 3 amide bonds. The Kier molecular flexibility index (Phi) is 7.53. The Morgan fingerprint density at radius 2 is 1.94 bits per heavy atom. The molecule has 0 unspecified atom stereocenters. The summed E-state index contributed by atoms with van der Waals surface area (Å²) in [4.78, 5) is 39.7. The van der Waals surface area contributed by atoms with Gasteiger partial charge in [-0.05, 0) is 50.3 Å². The minimum atomic E-state index is -0.299. The van der Waals surface area contributed by atoms with E-state index in [1.54, 1.807) is 30.1 Å². The van der Waals surface area contributed by atoms with Crippen LogP contribution in [0.15, 0.2) is 18.2 Å². The van der Waals surface area contributed by atoms with Crippen LogP contribution in [-0.4, -0.2) is 61.1 Å². The van der Waals surface area contributed by atoms with Crippen LogP contribution >= 0.6 is 0 Å². The Bertz CT molecular complexity index is 883. The van der Waals surface area contributed by atoms with E-state index in [1.165, 1.54) is 0 Å². The minimum absolute atomic E-state index is 0.00554. The van der Waals surface area contributed by atoms with E-state index in [0.29, 0.717) is 43.0 Å². The summed E-state index contributed by atoms with van der Waals surface area (Å²) < 4.78 is 12.2. The Balaban J connectivity index is 1.44. The van der Waals surface area contributed by atoms with Crippen LogP contribution in [0, 0.1) is 5.92 Å². The van der Waals surface area contributed by atoms with Gasteiger partial charge in [-0.25, -0.2) is 0 Å². The number of likely N-dealkylation sites (N-methyl/N-ethyl adjacent to an activating group) is 1. The number of carbonyl (C=O) groups excluding carboxylic acids is 3. The molecule has 0 spiro atoms. The first-order valence-corrected chi connectivity index (χ1v) is 12.2. The van der Waals surface area contributed by atoms with Gasteiger partial charge in [0, 0.05) is 25.2 Å². The van der Waals surface area contributed by atoms with E-state index in [1.807, 2.05) is 6.92 Å². The van der Waals surface area contributed by atoms with Gasteiger partial charge in [-0.3, -0.25) is 14.4 Å². The van der Waals surface area contributed by atoms with E-state index >= 15 is 0 Å². The van der Waals surface area contributed by atoms with E-state index in [0.717, 1.165) is 38.5 Å². The molecule has 8 nitrogen and oxygen atoms in total. The zero-order chi connectivity index (χ0) is 23.4. The lowest BCUT2D eigenvalue weighted by atomic mass is 9.94. The van der Waals surface area contributed by atoms with Crippen molar-refractivity contribution < 1.29 is 23.9 Å². The standard InChI is InChI=1S/C25H35N3O5/c1-3-12-26-23(29)14-18-9-10-20-22(33-18)15-32-21-11-8-17(13-19(21)25(31)28(20)2)27-24(30)16-6-4-5-7-16/h8,11,13,16,18,20,22H,3-7,9-10,12,14-15H2,1-2H3,(H,26,29)(H,27,30)/t18-,20-,22+/m1/s1. The van der Waals surface area contributed by atoms with Crippen molar-refractivity contribution >= 4 is 23.4 Å². The Labute approximate surface area is 195 Å². The molecule has 180 valence electrons. The molecule has 1 aromatic rings. The molecule has 3 atom stereocenters. The van der Waals surface area contributed by atoms with Crippen LogP contribution in [-0.2, 0) is 14.3 Å². The van der Waals surface area contributed by atoms with E-state index < -0.39 is 0 Å². The number of carbonyl (C=O) groups is 3. The van der Waals surface area contributed by atoms with Crippen molar-refractivity contribution in [1.82, 2.24) is 10.2 Å². The number of amides is 3. The van der Waals surface area contributed by atoms with Crippen LogP contribution in [0.3, 0.4) is 0 Å². The molecular weight excluding hydrogens is 422 g/mol. The molecule has 3 aliphatic rings. The third-order valence-corrected chi connectivity index (χ3v) is 6.99. The number of nitrogens with one attached hydrogen (secondary N) is 2. The van der Waals surface area contributed by atoms with Crippen LogP contribution in [0.25, 0.3) is 0 Å². The van der Waals surface area contributed by atoms with Crippen molar-refractivity contribution in [3.63, 3.8) is 0 Å². The molecule has 2 N–H and O–H groups in total. The van der Waals surface area contributed by atoms with E-state index in [4.69, 9.17) is 9.47 Å². The lowest BCUT2D eigenvalue weighted by Crippen LogP contribution is -2.54. The summed E-state index contributed by atoms with van der Waals surface area (Å²) in [6.07, 6.45) is 6.22. The highest BCUT2D eigenvalue weighted by Crippen LogP contribution is 2.33. The molecule has 33 heavy (non-hydrogen) atoms. The number of benzene rings is 1. The van der Waals surface area contributed by atoms with Gasteiger partial charge in [0.25, 0.3) is 5.91 Å². The highest BCUT2D eigenvalue weighted by atomic mass is 16.5. The fourth-order valence-corrected chi connectivity index (χ4v) is 5.08. The van der Waals surface area contributed by atoms with Gasteiger partial charge in [0.05, 0.1) is 24.1 Å². The van der Waals surface area contributed by atoms with E-state index in [9.17, 15) is 14.4 Å². The van der Waals surface area contributed by atoms with Gasteiger partial charge in [-0.1, -0.05) is 19.8 Å². The average molecular weight is 458 g/mol. The minimum Gasteiger partial charge on any atom is -0.490 e. The number of hydrogen-bond acceptors (Lipinski definition) is 5. The van der Waals surface area contributed by atoms with Gasteiger partial charge in [-0.15, -0.1) is 0 Å². The lowest BCUT2D eigenvalue weighted by Gasteiger charge is -2.42. The SMILES string of the molecule is CCCNC(=O)C[C@H]1CC[C@@H]2[C@H](COc3ccc(NC(=O)C4CCCC4)cc3C(=O)N2C)O1. The monoisotopic (exact) mass is 457 g/mol. The largest absolute Gasteiger partial charge is 0.490 e. The summed E-state index contributed by atoms with van der Waals surface area (Å²) in [6, 6.07) is 5.11. The number of nitrogens with zero attached hydrogens (tertiary/aromatic N) is 1. The first kappa shape index (κ1) is 23.5. The van der Waals surface area contributed by atoms with E-state index in [-0.39, 0.29) is 41.9 Å². The number of ether oxygens (including phenoxy) is 2. The molecule has 4 rings (SSSR count). The van der Waals surface area contributed by atoms with Crippen LogP contribution in [0.5, 0.6) is 5.75 Å². The Morgan fingerprint density at radius 3 is 2.70 bits per heavy atom. The van der Waals surface area contributed by atoms with Crippen LogP contribution in [0.4, 0.5) is 5.69 Å². The molecule has 1 saturated heterocycles. The molecule has 8 heteroatoms. The maximum atomic E-state index is 13.3. The highest BCUT2D eigenvalue weighted by molar-refractivity contribution is 6.00. The first-order valence-electron chi connectivity index (χ1n) is 12.2. The molecule has 2 heterocycles. The van der Waals surface area contributed by atoms with Gasteiger partial charge < -0.3 is 25.0 Å². The predicted molar refractivity (Wildman–Crippen MR) is 124 cm³/mol. The molecule has 1 saturated carbocycles. The lowest BCUT2D eigenvalue weighted by molar-refractivity contribution is -0.134. The van der Waals surface area contributed by atoms with Gasteiger partial charge in [0.15, 0.2) is 0 Å². The average Bonchev–Trinajstić information content (AvgIpc) is 3.36. The van der Waals surface area contributed by atoms with Crippen molar-refractivity contribution in [3.05, 3.63) is 23.8 Å².